The zero-order valence-electron chi connectivity index (χ0n) is 10.2. The molecule has 0 aromatic heterocycles. The molecule has 1 aliphatic heterocycles. The summed E-state index contributed by atoms with van der Waals surface area (Å²) in [6.45, 7) is 1.50. The third kappa shape index (κ3) is 3.24. The second kappa shape index (κ2) is 6.34. The zero-order chi connectivity index (χ0) is 13.1. The summed E-state index contributed by atoms with van der Waals surface area (Å²) in [4.78, 5) is 14.4. The molecule has 0 bridgehead atoms. The first-order chi connectivity index (χ1) is 8.61. The monoisotopic (exact) mass is 423 g/mol. The maximum Gasteiger partial charge on any atom is 0.255 e. The van der Waals surface area contributed by atoms with Crippen LogP contribution in [-0.2, 0) is 4.74 Å². The first kappa shape index (κ1) is 14.3. The Kier molecular flexibility index (Phi) is 5.03. The molecule has 1 unspecified atom stereocenters. The molecule has 1 saturated heterocycles. The van der Waals surface area contributed by atoms with Gasteiger partial charge in [-0.05, 0) is 69.6 Å². The normalized spacial score (nSPS) is 19.9. The standard InChI is InChI=1S/C13H15BrINO2/c1-18-10-3-2-6-16(8-10)13(17)11-7-9(15)4-5-12(11)14/h4-5,7,10H,2-3,6,8H2,1H3. The Bertz CT molecular complexity index is 453. The topological polar surface area (TPSA) is 29.5 Å². The Morgan fingerprint density at radius 3 is 3.06 bits per heavy atom. The van der Waals surface area contributed by atoms with Gasteiger partial charge in [-0.25, -0.2) is 0 Å². The second-order valence-electron chi connectivity index (χ2n) is 4.38. The molecule has 1 aromatic carbocycles. The van der Waals surface area contributed by atoms with Gasteiger partial charge in [0, 0.05) is 28.2 Å². The van der Waals surface area contributed by atoms with Crippen molar-refractivity contribution in [2.45, 2.75) is 18.9 Å². The average molecular weight is 424 g/mol. The number of hydrogen-bond donors (Lipinski definition) is 0. The molecule has 18 heavy (non-hydrogen) atoms. The van der Waals surface area contributed by atoms with Gasteiger partial charge in [-0.3, -0.25) is 4.79 Å². The molecule has 0 spiro atoms. The number of rotatable bonds is 2. The van der Waals surface area contributed by atoms with Gasteiger partial charge < -0.3 is 9.64 Å². The lowest BCUT2D eigenvalue weighted by molar-refractivity contribution is 0.0268. The maximum atomic E-state index is 12.5. The van der Waals surface area contributed by atoms with Gasteiger partial charge in [0.2, 0.25) is 0 Å². The van der Waals surface area contributed by atoms with Gasteiger partial charge in [0.05, 0.1) is 11.7 Å². The van der Waals surface area contributed by atoms with Gasteiger partial charge in [-0.1, -0.05) is 0 Å². The van der Waals surface area contributed by atoms with E-state index in [2.05, 4.69) is 38.5 Å². The third-order valence-electron chi connectivity index (χ3n) is 3.16. The Hall–Kier alpha value is -0.140. The van der Waals surface area contributed by atoms with Crippen LogP contribution in [0.15, 0.2) is 22.7 Å². The molecule has 1 amide bonds. The number of nitrogens with zero attached hydrogens (tertiary/aromatic N) is 1. The van der Waals surface area contributed by atoms with Crippen LogP contribution in [0.5, 0.6) is 0 Å². The summed E-state index contributed by atoms with van der Waals surface area (Å²) in [5.74, 6) is 0.0853. The van der Waals surface area contributed by atoms with Crippen molar-refractivity contribution in [2.24, 2.45) is 0 Å². The molecule has 3 nitrogen and oxygen atoms in total. The van der Waals surface area contributed by atoms with Crippen LogP contribution in [0, 0.1) is 3.57 Å². The molecular formula is C13H15BrINO2. The van der Waals surface area contributed by atoms with E-state index < -0.39 is 0 Å². The summed E-state index contributed by atoms with van der Waals surface area (Å²) in [5.41, 5.74) is 0.735. The van der Waals surface area contributed by atoms with E-state index in [0.29, 0.717) is 6.54 Å². The molecular weight excluding hydrogens is 409 g/mol. The highest BCUT2D eigenvalue weighted by Gasteiger charge is 2.25. The molecule has 1 atom stereocenters. The number of halogens is 2. The van der Waals surface area contributed by atoms with E-state index in [1.54, 1.807) is 7.11 Å². The van der Waals surface area contributed by atoms with Crippen molar-refractivity contribution in [3.05, 3.63) is 31.8 Å². The minimum atomic E-state index is 0.0853. The molecule has 1 heterocycles. The number of benzene rings is 1. The second-order valence-corrected chi connectivity index (χ2v) is 6.48. The van der Waals surface area contributed by atoms with Crippen molar-refractivity contribution in [1.82, 2.24) is 4.90 Å². The summed E-state index contributed by atoms with van der Waals surface area (Å²) >= 11 is 5.67. The fourth-order valence-corrected chi connectivity index (χ4v) is 3.05. The maximum absolute atomic E-state index is 12.5. The fraction of sp³-hybridized carbons (Fsp3) is 0.462. The number of methoxy groups -OCH3 is 1. The van der Waals surface area contributed by atoms with Crippen molar-refractivity contribution < 1.29 is 9.53 Å². The zero-order valence-corrected chi connectivity index (χ0v) is 13.9. The molecule has 98 valence electrons. The van der Waals surface area contributed by atoms with Crippen molar-refractivity contribution in [2.75, 3.05) is 20.2 Å². The van der Waals surface area contributed by atoms with Gasteiger partial charge in [-0.2, -0.15) is 0 Å². The highest BCUT2D eigenvalue weighted by molar-refractivity contribution is 14.1. The molecule has 1 aliphatic rings. The van der Waals surface area contributed by atoms with E-state index in [9.17, 15) is 4.79 Å². The van der Waals surface area contributed by atoms with Gasteiger partial charge in [0.1, 0.15) is 0 Å². The van der Waals surface area contributed by atoms with Crippen LogP contribution in [-0.4, -0.2) is 37.1 Å². The SMILES string of the molecule is COC1CCCN(C(=O)c2cc(I)ccc2Br)C1. The van der Waals surface area contributed by atoms with E-state index in [0.717, 1.165) is 33.0 Å². The number of carbonyl (C=O) groups excluding carboxylic acids is 1. The Morgan fingerprint density at radius 2 is 2.33 bits per heavy atom. The highest BCUT2D eigenvalue weighted by Crippen LogP contribution is 2.23. The third-order valence-corrected chi connectivity index (χ3v) is 4.52. The van der Waals surface area contributed by atoms with E-state index >= 15 is 0 Å². The van der Waals surface area contributed by atoms with E-state index in [-0.39, 0.29) is 12.0 Å². The van der Waals surface area contributed by atoms with Gasteiger partial charge in [-0.15, -0.1) is 0 Å². The lowest BCUT2D eigenvalue weighted by Crippen LogP contribution is -2.43. The van der Waals surface area contributed by atoms with Crippen LogP contribution in [0.4, 0.5) is 0 Å². The predicted molar refractivity (Wildman–Crippen MR) is 82.8 cm³/mol. The number of amides is 1. The van der Waals surface area contributed by atoms with Crippen LogP contribution in [0.3, 0.4) is 0 Å². The van der Waals surface area contributed by atoms with Gasteiger partial charge >= 0.3 is 0 Å². The average Bonchev–Trinajstić information content (AvgIpc) is 2.41. The van der Waals surface area contributed by atoms with Crippen LogP contribution in [0.2, 0.25) is 0 Å². The fourth-order valence-electron chi connectivity index (χ4n) is 2.15. The molecule has 0 radical (unpaired) electrons. The first-order valence-electron chi connectivity index (χ1n) is 5.89. The minimum absolute atomic E-state index is 0.0853. The number of ether oxygens (including phenoxy) is 1. The summed E-state index contributed by atoms with van der Waals surface area (Å²) in [6, 6.07) is 5.83. The number of likely N-dealkylation sites (tertiary alicyclic amines) is 1. The molecule has 0 N–H and O–H groups in total. The van der Waals surface area contributed by atoms with Crippen LogP contribution < -0.4 is 0 Å². The number of carbonyl (C=O) groups is 1. The lowest BCUT2D eigenvalue weighted by Gasteiger charge is -2.32. The lowest BCUT2D eigenvalue weighted by atomic mass is 10.1. The van der Waals surface area contributed by atoms with Gasteiger partial charge in [0.15, 0.2) is 0 Å². The van der Waals surface area contributed by atoms with E-state index in [4.69, 9.17) is 4.74 Å². The Morgan fingerprint density at radius 1 is 1.56 bits per heavy atom. The van der Waals surface area contributed by atoms with Gasteiger partial charge in [0.25, 0.3) is 5.91 Å². The van der Waals surface area contributed by atoms with Crippen molar-refractivity contribution in [3.8, 4) is 0 Å². The number of hydrogen-bond acceptors (Lipinski definition) is 2. The van der Waals surface area contributed by atoms with E-state index in [1.807, 2.05) is 23.1 Å². The molecule has 0 aliphatic carbocycles. The molecule has 2 rings (SSSR count). The van der Waals surface area contributed by atoms with Crippen molar-refractivity contribution in [1.29, 1.82) is 0 Å². The van der Waals surface area contributed by atoms with Crippen LogP contribution in [0.1, 0.15) is 23.2 Å². The molecule has 0 saturated carbocycles. The Labute approximate surface area is 129 Å². The Balaban J connectivity index is 2.17. The molecule has 5 heteroatoms. The summed E-state index contributed by atoms with van der Waals surface area (Å²) in [6.07, 6.45) is 2.21. The predicted octanol–water partition coefficient (Wildman–Crippen LogP) is 3.30. The highest BCUT2D eigenvalue weighted by atomic mass is 127. The van der Waals surface area contributed by atoms with Crippen LogP contribution in [0.25, 0.3) is 0 Å². The van der Waals surface area contributed by atoms with Crippen molar-refractivity contribution in [3.63, 3.8) is 0 Å². The summed E-state index contributed by atoms with van der Waals surface area (Å²) in [7, 11) is 1.71. The minimum Gasteiger partial charge on any atom is -0.380 e. The van der Waals surface area contributed by atoms with Crippen LogP contribution >= 0.6 is 38.5 Å². The number of piperidine rings is 1. The summed E-state index contributed by atoms with van der Waals surface area (Å²) < 4.78 is 7.28. The smallest absolute Gasteiger partial charge is 0.255 e. The largest absolute Gasteiger partial charge is 0.380 e. The van der Waals surface area contributed by atoms with Crippen molar-refractivity contribution >= 4 is 44.4 Å². The first-order valence-corrected chi connectivity index (χ1v) is 7.76. The van der Waals surface area contributed by atoms with E-state index in [1.165, 1.54) is 0 Å². The molecule has 1 aromatic rings. The summed E-state index contributed by atoms with van der Waals surface area (Å²) in [5, 5.41) is 0. The quantitative estimate of drug-likeness (QED) is 0.683. The molecule has 1 fully saturated rings.